The first-order chi connectivity index (χ1) is 9.28. The second kappa shape index (κ2) is 6.71. The van der Waals surface area contributed by atoms with Crippen molar-refractivity contribution in [3.05, 3.63) is 71.3 Å². The molecule has 0 saturated heterocycles. The molecule has 0 radical (unpaired) electrons. The fraction of sp³-hybridized carbons (Fsp3) is 0.188. The molecule has 0 unspecified atom stereocenters. The molecule has 0 aliphatic carbocycles. The van der Waals surface area contributed by atoms with Gasteiger partial charge in [-0.1, -0.05) is 54.6 Å². The van der Waals surface area contributed by atoms with Crippen molar-refractivity contribution in [3.63, 3.8) is 0 Å². The Balaban J connectivity index is 1.86. The normalized spacial score (nSPS) is 10.2. The van der Waals surface area contributed by atoms with E-state index in [0.717, 1.165) is 16.7 Å². The highest BCUT2D eigenvalue weighted by atomic mass is 16.1. The van der Waals surface area contributed by atoms with E-state index in [4.69, 9.17) is 5.73 Å². The lowest BCUT2D eigenvalue weighted by molar-refractivity contribution is -0.120. The molecule has 2 aromatic carbocycles. The third-order valence-electron chi connectivity index (χ3n) is 2.92. The molecule has 19 heavy (non-hydrogen) atoms. The number of carbonyl (C=O) groups is 1. The summed E-state index contributed by atoms with van der Waals surface area (Å²) in [5.74, 6) is 0.0318. The Morgan fingerprint density at radius 1 is 0.947 bits per heavy atom. The number of hydrogen-bond donors (Lipinski definition) is 2. The van der Waals surface area contributed by atoms with Crippen LogP contribution in [-0.4, -0.2) is 5.91 Å². The minimum Gasteiger partial charge on any atom is -0.352 e. The van der Waals surface area contributed by atoms with Crippen molar-refractivity contribution in [2.24, 2.45) is 5.73 Å². The maximum absolute atomic E-state index is 11.8. The summed E-state index contributed by atoms with van der Waals surface area (Å²) in [5.41, 5.74) is 8.77. The molecule has 0 bridgehead atoms. The molecule has 2 rings (SSSR count). The molecule has 98 valence electrons. The Bertz CT molecular complexity index is 537. The predicted octanol–water partition coefficient (Wildman–Crippen LogP) is 2.00. The van der Waals surface area contributed by atoms with Gasteiger partial charge in [0, 0.05) is 13.1 Å². The Hall–Kier alpha value is -2.13. The number of amides is 1. The molecule has 0 aliphatic rings. The van der Waals surface area contributed by atoms with Crippen LogP contribution < -0.4 is 11.1 Å². The lowest BCUT2D eigenvalue weighted by Crippen LogP contribution is -2.24. The van der Waals surface area contributed by atoms with E-state index in [0.29, 0.717) is 19.5 Å². The summed E-state index contributed by atoms with van der Waals surface area (Å²) in [6.07, 6.45) is 0.414. The number of benzene rings is 2. The van der Waals surface area contributed by atoms with Crippen LogP contribution in [0, 0.1) is 0 Å². The van der Waals surface area contributed by atoms with Gasteiger partial charge in [-0.2, -0.15) is 0 Å². The largest absolute Gasteiger partial charge is 0.352 e. The van der Waals surface area contributed by atoms with Gasteiger partial charge in [0.1, 0.15) is 0 Å². The van der Waals surface area contributed by atoms with E-state index in [-0.39, 0.29) is 5.91 Å². The number of nitrogens with two attached hydrogens (primary N) is 1. The first kappa shape index (κ1) is 13.3. The number of carbonyl (C=O) groups excluding carboxylic acids is 1. The van der Waals surface area contributed by atoms with Gasteiger partial charge in [-0.15, -0.1) is 0 Å². The molecule has 2 aromatic rings. The number of rotatable bonds is 5. The highest BCUT2D eigenvalue weighted by Gasteiger charge is 2.03. The van der Waals surface area contributed by atoms with E-state index >= 15 is 0 Å². The van der Waals surface area contributed by atoms with Crippen molar-refractivity contribution in [2.75, 3.05) is 0 Å². The summed E-state index contributed by atoms with van der Waals surface area (Å²) in [7, 11) is 0. The van der Waals surface area contributed by atoms with Gasteiger partial charge in [0.25, 0.3) is 0 Å². The van der Waals surface area contributed by atoms with Crippen LogP contribution in [0.3, 0.4) is 0 Å². The Kier molecular flexibility index (Phi) is 4.70. The van der Waals surface area contributed by atoms with Gasteiger partial charge in [0.15, 0.2) is 0 Å². The summed E-state index contributed by atoms with van der Waals surface area (Å²) >= 11 is 0. The quantitative estimate of drug-likeness (QED) is 0.857. The van der Waals surface area contributed by atoms with Crippen LogP contribution >= 0.6 is 0 Å². The third kappa shape index (κ3) is 4.23. The second-order valence-corrected chi connectivity index (χ2v) is 4.46. The fourth-order valence-corrected chi connectivity index (χ4v) is 1.91. The average molecular weight is 254 g/mol. The van der Waals surface area contributed by atoms with Crippen molar-refractivity contribution >= 4 is 5.91 Å². The lowest BCUT2D eigenvalue weighted by atomic mass is 10.1. The summed E-state index contributed by atoms with van der Waals surface area (Å²) in [6.45, 7) is 1.06. The molecule has 0 fully saturated rings. The Morgan fingerprint density at radius 3 is 2.37 bits per heavy atom. The number of hydrogen-bond acceptors (Lipinski definition) is 2. The maximum Gasteiger partial charge on any atom is 0.224 e. The molecule has 3 nitrogen and oxygen atoms in total. The predicted molar refractivity (Wildman–Crippen MR) is 76.3 cm³/mol. The summed E-state index contributed by atoms with van der Waals surface area (Å²) < 4.78 is 0. The van der Waals surface area contributed by atoms with E-state index in [9.17, 15) is 4.79 Å². The van der Waals surface area contributed by atoms with Gasteiger partial charge >= 0.3 is 0 Å². The van der Waals surface area contributed by atoms with Crippen LogP contribution in [0.25, 0.3) is 0 Å². The van der Waals surface area contributed by atoms with Gasteiger partial charge in [-0.05, 0) is 16.7 Å². The molecular formula is C16H18N2O. The average Bonchev–Trinajstić information content (AvgIpc) is 2.46. The zero-order valence-corrected chi connectivity index (χ0v) is 10.8. The van der Waals surface area contributed by atoms with E-state index in [1.807, 2.05) is 54.6 Å². The van der Waals surface area contributed by atoms with E-state index < -0.39 is 0 Å². The van der Waals surface area contributed by atoms with E-state index in [2.05, 4.69) is 5.32 Å². The maximum atomic E-state index is 11.8. The SMILES string of the molecule is NCc1cccc(CNC(=O)Cc2ccccc2)c1. The van der Waals surface area contributed by atoms with Gasteiger partial charge < -0.3 is 11.1 Å². The van der Waals surface area contributed by atoms with Crippen molar-refractivity contribution in [3.8, 4) is 0 Å². The molecule has 1 amide bonds. The summed E-state index contributed by atoms with van der Waals surface area (Å²) in [4.78, 5) is 11.8. The highest BCUT2D eigenvalue weighted by molar-refractivity contribution is 5.78. The van der Waals surface area contributed by atoms with Crippen LogP contribution in [0.15, 0.2) is 54.6 Å². The van der Waals surface area contributed by atoms with Crippen LogP contribution in [0.2, 0.25) is 0 Å². The van der Waals surface area contributed by atoms with Gasteiger partial charge in [0.2, 0.25) is 5.91 Å². The molecule has 0 aliphatic heterocycles. The van der Waals surface area contributed by atoms with Crippen LogP contribution in [-0.2, 0) is 24.3 Å². The first-order valence-electron chi connectivity index (χ1n) is 6.36. The standard InChI is InChI=1S/C16H18N2O/c17-11-14-7-4-8-15(9-14)12-18-16(19)10-13-5-2-1-3-6-13/h1-9H,10-12,17H2,(H,18,19). The lowest BCUT2D eigenvalue weighted by Gasteiger charge is -2.07. The topological polar surface area (TPSA) is 55.1 Å². The third-order valence-corrected chi connectivity index (χ3v) is 2.92. The minimum atomic E-state index is 0.0318. The minimum absolute atomic E-state index is 0.0318. The van der Waals surface area contributed by atoms with Crippen molar-refractivity contribution in [1.82, 2.24) is 5.32 Å². The first-order valence-corrected chi connectivity index (χ1v) is 6.36. The summed E-state index contributed by atoms with van der Waals surface area (Å²) in [5, 5.41) is 2.92. The van der Waals surface area contributed by atoms with E-state index in [1.165, 1.54) is 0 Å². The molecule has 0 heterocycles. The highest BCUT2D eigenvalue weighted by Crippen LogP contribution is 2.05. The zero-order chi connectivity index (χ0) is 13.5. The monoisotopic (exact) mass is 254 g/mol. The van der Waals surface area contributed by atoms with Crippen LogP contribution in [0.5, 0.6) is 0 Å². The molecule has 0 spiro atoms. The van der Waals surface area contributed by atoms with E-state index in [1.54, 1.807) is 0 Å². The van der Waals surface area contributed by atoms with Crippen LogP contribution in [0.1, 0.15) is 16.7 Å². The molecule has 0 atom stereocenters. The summed E-state index contributed by atoms with van der Waals surface area (Å²) in [6, 6.07) is 17.7. The molecule has 3 heteroatoms. The van der Waals surface area contributed by atoms with Gasteiger partial charge in [-0.3, -0.25) is 4.79 Å². The molecule has 0 aromatic heterocycles. The molecule has 0 saturated carbocycles. The zero-order valence-electron chi connectivity index (χ0n) is 10.8. The fourth-order valence-electron chi connectivity index (χ4n) is 1.91. The van der Waals surface area contributed by atoms with Crippen molar-refractivity contribution in [2.45, 2.75) is 19.5 Å². The van der Waals surface area contributed by atoms with Crippen molar-refractivity contribution in [1.29, 1.82) is 0 Å². The van der Waals surface area contributed by atoms with Gasteiger partial charge in [-0.25, -0.2) is 0 Å². The molecule has 3 N–H and O–H groups in total. The van der Waals surface area contributed by atoms with Gasteiger partial charge in [0.05, 0.1) is 6.42 Å². The second-order valence-electron chi connectivity index (χ2n) is 4.46. The Labute approximate surface area is 113 Å². The Morgan fingerprint density at radius 2 is 1.63 bits per heavy atom. The number of nitrogens with one attached hydrogen (secondary N) is 1. The van der Waals surface area contributed by atoms with Crippen LogP contribution in [0.4, 0.5) is 0 Å². The molecular weight excluding hydrogens is 236 g/mol. The smallest absolute Gasteiger partial charge is 0.224 e. The van der Waals surface area contributed by atoms with Crippen molar-refractivity contribution < 1.29 is 4.79 Å².